The van der Waals surface area contributed by atoms with Crippen molar-refractivity contribution in [2.24, 2.45) is 5.92 Å². The van der Waals surface area contributed by atoms with E-state index in [0.29, 0.717) is 6.04 Å². The lowest BCUT2D eigenvalue weighted by Crippen LogP contribution is -2.50. The summed E-state index contributed by atoms with van der Waals surface area (Å²) in [5.41, 5.74) is 0. The molecule has 2 N–H and O–H groups in total. The van der Waals surface area contributed by atoms with E-state index < -0.39 is 0 Å². The molecule has 82 valence electrons. The summed E-state index contributed by atoms with van der Waals surface area (Å²) in [6.07, 6.45) is 2.32. The van der Waals surface area contributed by atoms with E-state index in [-0.39, 0.29) is 24.4 Å². The number of hydrogen-bond acceptors (Lipinski definition) is 3. The lowest BCUT2D eigenvalue weighted by Gasteiger charge is -2.33. The highest BCUT2D eigenvalue weighted by atomic mass is 35.5. The van der Waals surface area contributed by atoms with Gasteiger partial charge in [0, 0.05) is 17.7 Å². The molecule has 1 saturated heterocycles. The summed E-state index contributed by atoms with van der Waals surface area (Å²) in [5, 5.41) is 6.25. The maximum absolute atomic E-state index is 11.6. The number of carbonyl (C=O) groups excluding carboxylic acids is 1. The molecule has 2 fully saturated rings. The molecule has 0 radical (unpaired) electrons. The molecule has 1 aliphatic carbocycles. The number of halogens is 1. The molecule has 1 aliphatic heterocycles. The standard InChI is InChI=1S/C9H16N2OS.ClH/c1-6-2-7(3-6)11-9(12)8-4-13-5-10-8;/h6-8,10H,2-5H2,1H3,(H,11,12);1H. The Morgan fingerprint density at radius 2 is 2.21 bits per heavy atom. The predicted molar refractivity (Wildman–Crippen MR) is 61.8 cm³/mol. The van der Waals surface area contributed by atoms with Crippen molar-refractivity contribution in [3.8, 4) is 0 Å². The van der Waals surface area contributed by atoms with E-state index in [4.69, 9.17) is 0 Å². The van der Waals surface area contributed by atoms with Gasteiger partial charge in [0.1, 0.15) is 0 Å². The number of thioether (sulfide) groups is 1. The maximum atomic E-state index is 11.6. The first-order chi connectivity index (χ1) is 6.25. The number of amides is 1. The van der Waals surface area contributed by atoms with Crippen LogP contribution in [0.4, 0.5) is 0 Å². The molecule has 1 saturated carbocycles. The minimum absolute atomic E-state index is 0. The van der Waals surface area contributed by atoms with Crippen LogP contribution in [0.3, 0.4) is 0 Å². The molecule has 2 rings (SSSR count). The van der Waals surface area contributed by atoms with Gasteiger partial charge in [-0.2, -0.15) is 0 Å². The zero-order valence-corrected chi connectivity index (χ0v) is 9.92. The van der Waals surface area contributed by atoms with Crippen LogP contribution in [0.5, 0.6) is 0 Å². The van der Waals surface area contributed by atoms with E-state index in [0.717, 1.165) is 30.4 Å². The van der Waals surface area contributed by atoms with E-state index >= 15 is 0 Å². The second-order valence-electron chi connectivity index (χ2n) is 4.05. The Bertz CT molecular complexity index is 203. The van der Waals surface area contributed by atoms with Crippen molar-refractivity contribution in [1.82, 2.24) is 10.6 Å². The third-order valence-corrected chi connectivity index (χ3v) is 3.69. The molecule has 1 amide bonds. The molecular formula is C9H17ClN2OS. The minimum atomic E-state index is 0. The Labute approximate surface area is 95.2 Å². The first kappa shape index (κ1) is 12.1. The molecule has 1 atom stereocenters. The molecule has 0 bridgehead atoms. The Kier molecular flexibility index (Phi) is 4.54. The van der Waals surface area contributed by atoms with Crippen molar-refractivity contribution in [3.05, 3.63) is 0 Å². The van der Waals surface area contributed by atoms with Gasteiger partial charge >= 0.3 is 0 Å². The van der Waals surface area contributed by atoms with Crippen LogP contribution in [0.2, 0.25) is 0 Å². The van der Waals surface area contributed by atoms with Crippen molar-refractivity contribution in [1.29, 1.82) is 0 Å². The van der Waals surface area contributed by atoms with Crippen molar-refractivity contribution in [3.63, 3.8) is 0 Å². The number of nitrogens with one attached hydrogen (secondary N) is 2. The molecule has 0 spiro atoms. The van der Waals surface area contributed by atoms with Gasteiger partial charge in [0.2, 0.25) is 5.91 Å². The van der Waals surface area contributed by atoms with E-state index in [1.54, 1.807) is 11.8 Å². The first-order valence-electron chi connectivity index (χ1n) is 4.87. The summed E-state index contributed by atoms with van der Waals surface area (Å²) >= 11 is 1.79. The Morgan fingerprint density at radius 1 is 1.50 bits per heavy atom. The molecule has 3 nitrogen and oxygen atoms in total. The Morgan fingerprint density at radius 3 is 2.71 bits per heavy atom. The number of rotatable bonds is 2. The maximum Gasteiger partial charge on any atom is 0.238 e. The fraction of sp³-hybridized carbons (Fsp3) is 0.889. The zero-order chi connectivity index (χ0) is 9.26. The molecule has 0 aromatic carbocycles. The van der Waals surface area contributed by atoms with Gasteiger partial charge in [-0.05, 0) is 18.8 Å². The Balaban J connectivity index is 0.000000980. The van der Waals surface area contributed by atoms with Gasteiger partial charge < -0.3 is 5.32 Å². The third-order valence-electron chi connectivity index (χ3n) is 2.75. The molecule has 1 heterocycles. The van der Waals surface area contributed by atoms with E-state index in [1.807, 2.05) is 0 Å². The van der Waals surface area contributed by atoms with Gasteiger partial charge in [-0.15, -0.1) is 24.2 Å². The van der Waals surface area contributed by atoms with Crippen LogP contribution >= 0.6 is 24.2 Å². The van der Waals surface area contributed by atoms with Gasteiger partial charge in [-0.25, -0.2) is 0 Å². The summed E-state index contributed by atoms with van der Waals surface area (Å²) in [4.78, 5) is 11.6. The predicted octanol–water partition coefficient (Wildman–Crippen LogP) is 0.985. The normalized spacial score (nSPS) is 35.6. The average Bonchev–Trinajstić information content (AvgIpc) is 2.53. The summed E-state index contributed by atoms with van der Waals surface area (Å²) in [6.45, 7) is 2.23. The largest absolute Gasteiger partial charge is 0.352 e. The molecule has 1 unspecified atom stereocenters. The van der Waals surface area contributed by atoms with Crippen molar-refractivity contribution >= 4 is 30.1 Å². The molecule has 5 heteroatoms. The van der Waals surface area contributed by atoms with Crippen LogP contribution in [-0.2, 0) is 4.79 Å². The summed E-state index contributed by atoms with van der Waals surface area (Å²) in [6, 6.07) is 0.510. The second-order valence-corrected chi connectivity index (χ2v) is 5.08. The van der Waals surface area contributed by atoms with Crippen molar-refractivity contribution in [2.75, 3.05) is 11.6 Å². The Hall–Kier alpha value is 0.0700. The van der Waals surface area contributed by atoms with E-state index in [2.05, 4.69) is 17.6 Å². The summed E-state index contributed by atoms with van der Waals surface area (Å²) in [7, 11) is 0. The fourth-order valence-corrected chi connectivity index (χ4v) is 2.83. The molecule has 0 aromatic rings. The van der Waals surface area contributed by atoms with Crippen molar-refractivity contribution in [2.45, 2.75) is 31.8 Å². The van der Waals surface area contributed by atoms with Crippen LogP contribution in [-0.4, -0.2) is 29.6 Å². The van der Waals surface area contributed by atoms with Crippen LogP contribution in [0.1, 0.15) is 19.8 Å². The molecule has 14 heavy (non-hydrogen) atoms. The lowest BCUT2D eigenvalue weighted by molar-refractivity contribution is -0.123. The lowest BCUT2D eigenvalue weighted by atomic mass is 9.82. The third kappa shape index (κ3) is 2.78. The minimum Gasteiger partial charge on any atom is -0.352 e. The quantitative estimate of drug-likeness (QED) is 0.751. The second kappa shape index (κ2) is 5.24. The van der Waals surface area contributed by atoms with Gasteiger partial charge in [0.15, 0.2) is 0 Å². The van der Waals surface area contributed by atoms with E-state index in [1.165, 1.54) is 0 Å². The topological polar surface area (TPSA) is 41.1 Å². The highest BCUT2D eigenvalue weighted by Gasteiger charge is 2.30. The summed E-state index contributed by atoms with van der Waals surface area (Å²) in [5.74, 6) is 2.84. The highest BCUT2D eigenvalue weighted by Crippen LogP contribution is 2.26. The highest BCUT2D eigenvalue weighted by molar-refractivity contribution is 7.99. The van der Waals surface area contributed by atoms with Crippen LogP contribution in [0.25, 0.3) is 0 Å². The first-order valence-corrected chi connectivity index (χ1v) is 6.02. The molecule has 2 aliphatic rings. The van der Waals surface area contributed by atoms with Crippen molar-refractivity contribution < 1.29 is 4.79 Å². The van der Waals surface area contributed by atoms with Crippen LogP contribution in [0, 0.1) is 5.92 Å². The summed E-state index contributed by atoms with van der Waals surface area (Å²) < 4.78 is 0. The van der Waals surface area contributed by atoms with E-state index in [9.17, 15) is 4.79 Å². The number of hydrogen-bond donors (Lipinski definition) is 2. The monoisotopic (exact) mass is 236 g/mol. The fourth-order valence-electron chi connectivity index (χ4n) is 1.89. The van der Waals surface area contributed by atoms with Gasteiger partial charge in [-0.3, -0.25) is 10.1 Å². The van der Waals surface area contributed by atoms with Gasteiger partial charge in [0.25, 0.3) is 0 Å². The van der Waals surface area contributed by atoms with Gasteiger partial charge in [0.05, 0.1) is 6.04 Å². The SMILES string of the molecule is CC1CC(NC(=O)C2CSCN2)C1.Cl. The molecule has 0 aromatic heterocycles. The zero-order valence-electron chi connectivity index (χ0n) is 8.29. The average molecular weight is 237 g/mol. The molecular weight excluding hydrogens is 220 g/mol. The smallest absolute Gasteiger partial charge is 0.238 e. The number of carbonyl (C=O) groups is 1. The van der Waals surface area contributed by atoms with Gasteiger partial charge in [-0.1, -0.05) is 6.92 Å². The van der Waals surface area contributed by atoms with Crippen LogP contribution in [0.15, 0.2) is 0 Å². The van der Waals surface area contributed by atoms with Crippen LogP contribution < -0.4 is 10.6 Å².